The van der Waals surface area contributed by atoms with Crippen LogP contribution in [0.15, 0.2) is 42.6 Å². The van der Waals surface area contributed by atoms with E-state index < -0.39 is 23.7 Å². The molecule has 2 atom stereocenters. The summed E-state index contributed by atoms with van der Waals surface area (Å²) in [7, 11) is 0. The molecule has 2 aromatic carbocycles. The lowest BCUT2D eigenvalue weighted by molar-refractivity contribution is -0.135. The number of hydrogen-bond donors (Lipinski definition) is 2. The van der Waals surface area contributed by atoms with Gasteiger partial charge in [0.1, 0.15) is 5.82 Å². The Labute approximate surface area is 165 Å². The fraction of sp³-hybridized carbons (Fsp3) is 0.333. The third kappa shape index (κ3) is 3.07. The second kappa shape index (κ2) is 7.18. The number of carbonyl (C=O) groups excluding carboxylic acids is 1. The largest absolute Gasteiger partial charge is 0.333 e. The first kappa shape index (κ1) is 19.4. The zero-order valence-electron chi connectivity index (χ0n) is 15.7. The van der Waals surface area contributed by atoms with Crippen LogP contribution in [0.25, 0.3) is 10.9 Å². The third-order valence-electron chi connectivity index (χ3n) is 6.11. The SMILES string of the molecule is Cc1c(F)cccc1C1(C(=O)NO)CCC(c2ccc3cnn(C(F)F)c3c2)C1. The highest BCUT2D eigenvalue weighted by Crippen LogP contribution is 2.50. The van der Waals surface area contributed by atoms with E-state index in [0.717, 1.165) is 5.56 Å². The molecule has 1 aromatic heterocycles. The van der Waals surface area contributed by atoms with E-state index in [4.69, 9.17) is 0 Å². The van der Waals surface area contributed by atoms with Crippen LogP contribution in [-0.2, 0) is 10.2 Å². The normalized spacial score (nSPS) is 21.8. The summed E-state index contributed by atoms with van der Waals surface area (Å²) in [6.45, 7) is -1.14. The molecule has 1 aliphatic rings. The molecule has 1 amide bonds. The minimum Gasteiger partial charge on any atom is -0.289 e. The van der Waals surface area contributed by atoms with Crippen LogP contribution in [0.1, 0.15) is 48.4 Å². The lowest BCUT2D eigenvalue weighted by Crippen LogP contribution is -2.42. The van der Waals surface area contributed by atoms with Gasteiger partial charge in [-0.2, -0.15) is 13.9 Å². The number of hydroxylamine groups is 1. The topological polar surface area (TPSA) is 67.2 Å². The van der Waals surface area contributed by atoms with E-state index in [9.17, 15) is 23.2 Å². The summed E-state index contributed by atoms with van der Waals surface area (Å²) in [5.74, 6) is -1.12. The number of rotatable bonds is 4. The molecule has 2 unspecified atom stereocenters. The van der Waals surface area contributed by atoms with E-state index >= 15 is 0 Å². The van der Waals surface area contributed by atoms with Crippen LogP contribution in [0.3, 0.4) is 0 Å². The number of nitrogens with one attached hydrogen (secondary N) is 1. The minimum absolute atomic E-state index is 0.111. The van der Waals surface area contributed by atoms with Crippen molar-refractivity contribution >= 4 is 16.8 Å². The Morgan fingerprint density at radius 3 is 2.86 bits per heavy atom. The number of amides is 1. The first-order valence-corrected chi connectivity index (χ1v) is 9.33. The molecule has 1 saturated carbocycles. The molecular weight excluding hydrogens is 383 g/mol. The molecule has 0 saturated heterocycles. The Morgan fingerprint density at radius 2 is 2.14 bits per heavy atom. The van der Waals surface area contributed by atoms with E-state index in [1.807, 2.05) is 6.07 Å². The summed E-state index contributed by atoms with van der Waals surface area (Å²) in [6.07, 6.45) is 2.72. The molecule has 5 nitrogen and oxygen atoms in total. The Bertz CT molecular complexity index is 1080. The number of alkyl halides is 2. The summed E-state index contributed by atoms with van der Waals surface area (Å²) < 4.78 is 41.2. The Morgan fingerprint density at radius 1 is 1.34 bits per heavy atom. The van der Waals surface area contributed by atoms with Crippen LogP contribution in [0.5, 0.6) is 0 Å². The smallest absolute Gasteiger partial charge is 0.289 e. The van der Waals surface area contributed by atoms with Crippen molar-refractivity contribution in [2.75, 3.05) is 0 Å². The van der Waals surface area contributed by atoms with E-state index in [0.29, 0.717) is 46.0 Å². The summed E-state index contributed by atoms with van der Waals surface area (Å²) >= 11 is 0. The number of halogens is 3. The van der Waals surface area contributed by atoms with Crippen molar-refractivity contribution in [3.63, 3.8) is 0 Å². The van der Waals surface area contributed by atoms with Gasteiger partial charge in [0.2, 0.25) is 0 Å². The fourth-order valence-electron chi connectivity index (χ4n) is 4.60. The van der Waals surface area contributed by atoms with Crippen LogP contribution < -0.4 is 5.48 Å². The Kier molecular flexibility index (Phi) is 4.82. The number of hydrogen-bond acceptors (Lipinski definition) is 3. The van der Waals surface area contributed by atoms with E-state index in [-0.39, 0.29) is 5.92 Å². The van der Waals surface area contributed by atoms with Gasteiger partial charge in [-0.05, 0) is 60.9 Å². The number of carbonyl (C=O) groups is 1. The van der Waals surface area contributed by atoms with Crippen LogP contribution in [-0.4, -0.2) is 20.9 Å². The fourth-order valence-corrected chi connectivity index (χ4v) is 4.60. The van der Waals surface area contributed by atoms with Gasteiger partial charge in [-0.25, -0.2) is 14.6 Å². The zero-order chi connectivity index (χ0) is 20.8. The van der Waals surface area contributed by atoms with Gasteiger partial charge < -0.3 is 0 Å². The summed E-state index contributed by atoms with van der Waals surface area (Å²) in [6, 6.07) is 9.82. The molecule has 4 rings (SSSR count). The quantitative estimate of drug-likeness (QED) is 0.495. The molecule has 0 aliphatic heterocycles. The van der Waals surface area contributed by atoms with E-state index in [2.05, 4.69) is 5.10 Å². The lowest BCUT2D eigenvalue weighted by atomic mass is 9.75. The van der Waals surface area contributed by atoms with Gasteiger partial charge in [0.15, 0.2) is 0 Å². The molecule has 8 heteroatoms. The van der Waals surface area contributed by atoms with Crippen molar-refractivity contribution in [2.45, 2.75) is 44.1 Å². The van der Waals surface area contributed by atoms with Gasteiger partial charge >= 0.3 is 6.55 Å². The van der Waals surface area contributed by atoms with E-state index in [1.54, 1.807) is 36.7 Å². The predicted octanol–water partition coefficient (Wildman–Crippen LogP) is 4.59. The van der Waals surface area contributed by atoms with Crippen molar-refractivity contribution < 1.29 is 23.2 Å². The van der Waals surface area contributed by atoms with Crippen molar-refractivity contribution in [3.05, 3.63) is 65.1 Å². The molecule has 152 valence electrons. The molecular formula is C21H20F3N3O2. The summed E-state index contributed by atoms with van der Waals surface area (Å²) in [4.78, 5) is 12.7. The molecule has 0 spiro atoms. The average molecular weight is 403 g/mol. The number of aromatic nitrogens is 2. The highest BCUT2D eigenvalue weighted by Gasteiger charge is 2.48. The molecule has 1 heterocycles. The van der Waals surface area contributed by atoms with Crippen molar-refractivity contribution in [2.24, 2.45) is 0 Å². The molecule has 2 N–H and O–H groups in total. The second-order valence-corrected chi connectivity index (χ2v) is 7.56. The third-order valence-corrected chi connectivity index (χ3v) is 6.11. The standard InChI is InChI=1S/C21H20F3N3O2/c1-12-16(3-2-4-17(12)22)21(19(28)26-29)8-7-14(10-21)13-5-6-15-11-25-27(20(23)24)18(15)9-13/h2-6,9,11,14,20,29H,7-8,10H2,1H3,(H,26,28). The zero-order valence-corrected chi connectivity index (χ0v) is 15.7. The van der Waals surface area contributed by atoms with Crippen molar-refractivity contribution in [1.29, 1.82) is 0 Å². The Balaban J connectivity index is 1.75. The minimum atomic E-state index is -2.75. The maximum Gasteiger partial charge on any atom is 0.333 e. The molecule has 3 aromatic rings. The summed E-state index contributed by atoms with van der Waals surface area (Å²) in [5, 5.41) is 13.7. The average Bonchev–Trinajstić information content (AvgIpc) is 3.34. The van der Waals surface area contributed by atoms with Gasteiger partial charge in [-0.1, -0.05) is 24.3 Å². The Hall–Kier alpha value is -2.87. The van der Waals surface area contributed by atoms with Gasteiger partial charge in [-0.3, -0.25) is 10.0 Å². The highest BCUT2D eigenvalue weighted by molar-refractivity contribution is 5.88. The van der Waals surface area contributed by atoms with Crippen molar-refractivity contribution in [3.8, 4) is 0 Å². The number of fused-ring (bicyclic) bond motifs is 1. The first-order valence-electron chi connectivity index (χ1n) is 9.33. The van der Waals surface area contributed by atoms with Crippen LogP contribution >= 0.6 is 0 Å². The van der Waals surface area contributed by atoms with Crippen LogP contribution in [0, 0.1) is 12.7 Å². The molecule has 1 fully saturated rings. The van der Waals surface area contributed by atoms with Crippen molar-refractivity contribution in [1.82, 2.24) is 15.3 Å². The second-order valence-electron chi connectivity index (χ2n) is 7.56. The predicted molar refractivity (Wildman–Crippen MR) is 100 cm³/mol. The van der Waals surface area contributed by atoms with Crippen LogP contribution in [0.2, 0.25) is 0 Å². The van der Waals surface area contributed by atoms with E-state index in [1.165, 1.54) is 12.3 Å². The summed E-state index contributed by atoms with van der Waals surface area (Å²) in [5.41, 5.74) is 2.67. The van der Waals surface area contributed by atoms with Gasteiger partial charge in [-0.15, -0.1) is 0 Å². The molecule has 0 bridgehead atoms. The number of nitrogens with zero attached hydrogens (tertiary/aromatic N) is 2. The van der Waals surface area contributed by atoms with Gasteiger partial charge in [0, 0.05) is 5.39 Å². The lowest BCUT2D eigenvalue weighted by Gasteiger charge is -2.29. The molecule has 1 aliphatic carbocycles. The maximum atomic E-state index is 14.2. The van der Waals surface area contributed by atoms with Crippen LogP contribution in [0.4, 0.5) is 13.2 Å². The van der Waals surface area contributed by atoms with Gasteiger partial charge in [0.05, 0.1) is 17.1 Å². The number of benzene rings is 2. The molecule has 29 heavy (non-hydrogen) atoms. The first-order chi connectivity index (χ1) is 13.9. The maximum absolute atomic E-state index is 14.2. The monoisotopic (exact) mass is 403 g/mol. The molecule has 0 radical (unpaired) electrons. The van der Waals surface area contributed by atoms with Gasteiger partial charge in [0.25, 0.3) is 5.91 Å². The highest BCUT2D eigenvalue weighted by atomic mass is 19.3.